The van der Waals surface area contributed by atoms with Crippen molar-refractivity contribution < 1.29 is 10.0 Å². The number of amides is 1. The van der Waals surface area contributed by atoms with Crippen LogP contribution in [0.3, 0.4) is 0 Å². The number of carbonyl (C=O) groups excluding carboxylic acids is 1. The van der Waals surface area contributed by atoms with Crippen LogP contribution in [0.4, 0.5) is 0 Å². The fourth-order valence-electron chi connectivity index (χ4n) is 3.02. The van der Waals surface area contributed by atoms with E-state index in [1.807, 2.05) is 49.7 Å². The first-order chi connectivity index (χ1) is 11.2. The van der Waals surface area contributed by atoms with E-state index >= 15 is 0 Å². The zero-order valence-corrected chi connectivity index (χ0v) is 14.5. The third-order valence-corrected chi connectivity index (χ3v) is 4.18. The molecule has 0 saturated heterocycles. The number of benzene rings is 1. The molecule has 2 aromatic heterocycles. The van der Waals surface area contributed by atoms with E-state index in [-0.39, 0.29) is 5.69 Å². The summed E-state index contributed by atoms with van der Waals surface area (Å²) in [5, 5.41) is 12.9. The monoisotopic (exact) mass is 327 g/mol. The molecule has 0 atom stereocenters. The topological polar surface area (TPSA) is 85.0 Å². The molecule has 3 rings (SSSR count). The molecule has 0 aliphatic rings. The van der Waals surface area contributed by atoms with Crippen LogP contribution in [-0.2, 0) is 12.6 Å². The van der Waals surface area contributed by atoms with Crippen LogP contribution in [0.15, 0.2) is 24.3 Å². The van der Waals surface area contributed by atoms with E-state index in [1.54, 1.807) is 13.8 Å². The van der Waals surface area contributed by atoms with E-state index in [2.05, 4.69) is 15.3 Å². The quantitative estimate of drug-likeness (QED) is 0.723. The van der Waals surface area contributed by atoms with E-state index in [1.165, 1.54) is 0 Å². The van der Waals surface area contributed by atoms with Crippen molar-refractivity contribution >= 4 is 16.9 Å². The molecule has 24 heavy (non-hydrogen) atoms. The number of hydrogen-bond acceptors (Lipinski definition) is 4. The van der Waals surface area contributed by atoms with Crippen molar-refractivity contribution in [1.29, 1.82) is 0 Å². The first-order valence-electron chi connectivity index (χ1n) is 7.72. The van der Waals surface area contributed by atoms with Crippen LogP contribution >= 0.6 is 0 Å². The van der Waals surface area contributed by atoms with Gasteiger partial charge in [0.1, 0.15) is 11.6 Å². The number of hydrogen-bond donors (Lipinski definition) is 2. The smallest absolute Gasteiger partial charge is 0.274 e. The van der Waals surface area contributed by atoms with E-state index < -0.39 is 11.4 Å². The van der Waals surface area contributed by atoms with Crippen molar-refractivity contribution in [3.8, 4) is 0 Å². The summed E-state index contributed by atoms with van der Waals surface area (Å²) >= 11 is 0. The summed E-state index contributed by atoms with van der Waals surface area (Å²) in [6, 6.07) is 7.81. The lowest BCUT2D eigenvalue weighted by molar-refractivity contribution is 0.0852. The Bertz CT molecular complexity index is 936. The number of carbonyl (C=O) groups is 1. The fourth-order valence-corrected chi connectivity index (χ4v) is 3.02. The number of imidazole rings is 2. The van der Waals surface area contributed by atoms with Crippen LogP contribution in [0.2, 0.25) is 0 Å². The molecule has 0 fully saturated rings. The van der Waals surface area contributed by atoms with Gasteiger partial charge in [-0.1, -0.05) is 12.1 Å². The van der Waals surface area contributed by atoms with Gasteiger partial charge in [0.25, 0.3) is 5.91 Å². The highest BCUT2D eigenvalue weighted by Crippen LogP contribution is 2.24. The van der Waals surface area contributed by atoms with Crippen molar-refractivity contribution in [1.82, 2.24) is 24.6 Å². The Hall–Kier alpha value is -2.83. The molecular weight excluding hydrogens is 306 g/mol. The average Bonchev–Trinajstić information content (AvgIpc) is 2.97. The maximum absolute atomic E-state index is 12.6. The average molecular weight is 327 g/mol. The molecule has 2 N–H and O–H groups in total. The molecule has 126 valence electrons. The number of aryl methyl sites for hydroxylation is 3. The number of aromatic nitrogens is 4. The van der Waals surface area contributed by atoms with E-state index in [0.717, 1.165) is 21.6 Å². The molecule has 1 aromatic carbocycles. The summed E-state index contributed by atoms with van der Waals surface area (Å²) in [5.74, 6) is 0.710. The number of fused-ring (bicyclic) bond motifs is 1. The zero-order chi connectivity index (χ0) is 17.6. The molecule has 1 amide bonds. The normalized spacial score (nSPS) is 11.9. The maximum Gasteiger partial charge on any atom is 0.274 e. The number of nitrogens with zero attached hydrogens (tertiary/aromatic N) is 4. The summed E-state index contributed by atoms with van der Waals surface area (Å²) in [4.78, 5) is 21.4. The van der Waals surface area contributed by atoms with Crippen molar-refractivity contribution in [2.45, 2.75) is 33.2 Å². The minimum atomic E-state index is -0.727. The summed E-state index contributed by atoms with van der Waals surface area (Å²) < 4.78 is 2.78. The molecular formula is C17H21N5O2. The SMILES string of the molecule is Cc1nc(C)n(O)c1C(=O)NC(C)(C)c1nc2ccccc2n1C. The second kappa shape index (κ2) is 5.36. The zero-order valence-electron chi connectivity index (χ0n) is 14.5. The van der Waals surface area contributed by atoms with E-state index in [4.69, 9.17) is 0 Å². The second-order valence-corrected chi connectivity index (χ2v) is 6.47. The van der Waals surface area contributed by atoms with E-state index in [9.17, 15) is 10.0 Å². The van der Waals surface area contributed by atoms with Gasteiger partial charge in [-0.25, -0.2) is 9.97 Å². The van der Waals surface area contributed by atoms with Gasteiger partial charge in [-0.2, -0.15) is 4.73 Å². The predicted octanol–water partition coefficient (Wildman–Crippen LogP) is 2.29. The van der Waals surface area contributed by atoms with Gasteiger partial charge in [0, 0.05) is 7.05 Å². The van der Waals surface area contributed by atoms with Crippen molar-refractivity contribution in [2.24, 2.45) is 7.05 Å². The lowest BCUT2D eigenvalue weighted by Crippen LogP contribution is -2.43. The summed E-state index contributed by atoms with van der Waals surface area (Å²) in [5.41, 5.74) is 1.76. The Morgan fingerprint density at radius 1 is 1.21 bits per heavy atom. The predicted molar refractivity (Wildman–Crippen MR) is 90.1 cm³/mol. The van der Waals surface area contributed by atoms with Gasteiger partial charge in [-0.15, -0.1) is 0 Å². The molecule has 0 bridgehead atoms. The Labute approximate surface area is 139 Å². The molecule has 3 aromatic rings. The largest absolute Gasteiger partial charge is 0.426 e. The first kappa shape index (κ1) is 16.0. The minimum Gasteiger partial charge on any atom is -0.426 e. The third kappa shape index (κ3) is 2.42. The Morgan fingerprint density at radius 2 is 1.88 bits per heavy atom. The van der Waals surface area contributed by atoms with Gasteiger partial charge in [-0.05, 0) is 39.8 Å². The highest BCUT2D eigenvalue weighted by Gasteiger charge is 2.31. The van der Waals surface area contributed by atoms with Gasteiger partial charge in [-0.3, -0.25) is 4.79 Å². The van der Waals surface area contributed by atoms with Gasteiger partial charge in [0.05, 0.1) is 22.3 Å². The van der Waals surface area contributed by atoms with Crippen molar-refractivity contribution in [3.05, 3.63) is 47.3 Å². The van der Waals surface area contributed by atoms with Crippen LogP contribution in [0.5, 0.6) is 0 Å². The molecule has 0 saturated carbocycles. The molecule has 0 unspecified atom stereocenters. The Morgan fingerprint density at radius 3 is 2.46 bits per heavy atom. The summed E-state index contributed by atoms with van der Waals surface area (Å²) in [6.07, 6.45) is 0. The molecule has 7 nitrogen and oxygen atoms in total. The summed E-state index contributed by atoms with van der Waals surface area (Å²) in [6.45, 7) is 7.09. The van der Waals surface area contributed by atoms with Crippen LogP contribution in [0.1, 0.15) is 41.7 Å². The molecule has 7 heteroatoms. The number of nitrogens with one attached hydrogen (secondary N) is 1. The number of para-hydroxylation sites is 2. The lowest BCUT2D eigenvalue weighted by Gasteiger charge is -2.25. The molecule has 0 radical (unpaired) electrons. The maximum atomic E-state index is 12.6. The van der Waals surface area contributed by atoms with Crippen LogP contribution in [0, 0.1) is 13.8 Å². The molecule has 0 aliphatic heterocycles. The van der Waals surface area contributed by atoms with E-state index in [0.29, 0.717) is 11.5 Å². The molecule has 2 heterocycles. The molecule has 0 aliphatic carbocycles. The van der Waals surface area contributed by atoms with Crippen LogP contribution < -0.4 is 5.32 Å². The summed E-state index contributed by atoms with van der Waals surface area (Å²) in [7, 11) is 1.92. The van der Waals surface area contributed by atoms with Gasteiger partial charge in [0.2, 0.25) is 0 Å². The first-order valence-corrected chi connectivity index (χ1v) is 7.72. The standard InChI is InChI=1S/C17H21N5O2/c1-10-14(22(24)11(2)18-10)15(23)20-17(3,4)16-19-12-8-6-7-9-13(12)21(16)5/h6-9,24H,1-5H3,(H,20,23). The molecule has 0 spiro atoms. The minimum absolute atomic E-state index is 0.138. The van der Waals surface area contributed by atoms with Crippen LogP contribution in [-0.4, -0.2) is 30.4 Å². The lowest BCUT2D eigenvalue weighted by atomic mass is 10.0. The highest BCUT2D eigenvalue weighted by atomic mass is 16.5. The second-order valence-electron chi connectivity index (χ2n) is 6.47. The van der Waals surface area contributed by atoms with Crippen LogP contribution in [0.25, 0.3) is 11.0 Å². The highest BCUT2D eigenvalue weighted by molar-refractivity contribution is 5.94. The van der Waals surface area contributed by atoms with Crippen molar-refractivity contribution in [2.75, 3.05) is 0 Å². The third-order valence-electron chi connectivity index (χ3n) is 4.18. The Balaban J connectivity index is 1.98. The Kier molecular flexibility index (Phi) is 3.59. The van der Waals surface area contributed by atoms with Gasteiger partial charge < -0.3 is 15.1 Å². The fraction of sp³-hybridized carbons (Fsp3) is 0.353. The van der Waals surface area contributed by atoms with Crippen molar-refractivity contribution in [3.63, 3.8) is 0 Å². The number of rotatable bonds is 3. The van der Waals surface area contributed by atoms with Gasteiger partial charge >= 0.3 is 0 Å². The van der Waals surface area contributed by atoms with Gasteiger partial charge in [0.15, 0.2) is 5.69 Å².